The number of rotatable bonds is 7. The normalized spacial score (nSPS) is 12.6. The fourth-order valence-corrected chi connectivity index (χ4v) is 8.89. The summed E-state index contributed by atoms with van der Waals surface area (Å²) >= 11 is 0. The molecule has 5 nitrogen and oxygen atoms in total. The summed E-state index contributed by atoms with van der Waals surface area (Å²) in [6, 6.07) is 50.1. The molecule has 0 aliphatic rings. The van der Waals surface area contributed by atoms with Gasteiger partial charge in [0.25, 0.3) is 0 Å². The van der Waals surface area contributed by atoms with Gasteiger partial charge in [0.1, 0.15) is 0 Å². The largest absolute Gasteiger partial charge is 0.486 e. The van der Waals surface area contributed by atoms with Crippen molar-refractivity contribution in [3.05, 3.63) is 163 Å². The van der Waals surface area contributed by atoms with Gasteiger partial charge < -0.3 is 14.0 Å². The van der Waals surface area contributed by atoms with Gasteiger partial charge in [0.15, 0.2) is 0 Å². The van der Waals surface area contributed by atoms with Crippen molar-refractivity contribution in [2.75, 3.05) is 0 Å². The van der Waals surface area contributed by atoms with Gasteiger partial charge in [-0.25, -0.2) is 4.98 Å². The molecular formula is C53H52IrN4OSi-2. The molecule has 7 heteroatoms. The van der Waals surface area contributed by atoms with Crippen LogP contribution in [0.5, 0.6) is 0 Å². The first-order chi connectivity index (χ1) is 29.0. The Bertz CT molecular complexity index is 3020. The van der Waals surface area contributed by atoms with Crippen LogP contribution in [0.25, 0.3) is 72.6 Å². The number of nitrogens with zero attached hydrogens (tertiary/aromatic N) is 4. The molecule has 5 aromatic carbocycles. The minimum atomic E-state index is -1.71. The second kappa shape index (κ2) is 17.3. The fourth-order valence-electron chi connectivity index (χ4n) is 7.48. The number of benzene rings is 5. The molecule has 9 rings (SSSR count). The maximum absolute atomic E-state index is 8.69. The van der Waals surface area contributed by atoms with Crippen LogP contribution in [0.3, 0.4) is 0 Å². The predicted molar refractivity (Wildman–Crippen MR) is 249 cm³/mol. The van der Waals surface area contributed by atoms with Crippen molar-refractivity contribution < 1.29 is 27.3 Å². The SMILES string of the molecule is Cc1ccc2c(n1)oc1c(-c3nc4ccccc4n3-c3ccc(-c4ccccc4)cc3)[c-]ccc12.[2H]C([2H])(c1cc(-c2[c-]ccc(C(C)(C)C)c2)ncc1[Si](C)(C)C)C(C)C.[Ir]. The molecule has 0 saturated heterocycles. The van der Waals surface area contributed by atoms with Gasteiger partial charge in [0.2, 0.25) is 5.71 Å². The quantitative estimate of drug-likeness (QED) is 0.118. The zero-order chi connectivity index (χ0) is 43.3. The smallest absolute Gasteiger partial charge is 0.216 e. The van der Waals surface area contributed by atoms with Crippen molar-refractivity contribution in [3.63, 3.8) is 0 Å². The van der Waals surface area contributed by atoms with Crippen LogP contribution in [0.4, 0.5) is 0 Å². The van der Waals surface area contributed by atoms with E-state index >= 15 is 0 Å². The molecule has 305 valence electrons. The standard InChI is InChI=1S/C31H20N3O.C22H32NSi.Ir/c1-20-14-19-25-24-10-7-11-26(29(24)35-31(25)32-20)30-33-27-12-5-6-13-28(27)34(30)23-17-15-22(16-18-23)21-8-3-2-4-9-21;1-16(2)12-18-14-20(23-15-21(18)24(6,7)8)17-10-9-11-19(13-17)22(3,4)5;/h2-10,12-19H,1H3;9,11,13-16H,12H2,1-8H3;/q2*-1;/i;12D2;. The molecule has 0 amide bonds. The van der Waals surface area contributed by atoms with Crippen LogP contribution in [-0.2, 0) is 31.9 Å². The Morgan fingerprint density at radius 3 is 2.20 bits per heavy atom. The minimum absolute atomic E-state index is 0. The fraction of sp³-hybridized carbons (Fsp3) is 0.226. The molecule has 0 aliphatic carbocycles. The van der Waals surface area contributed by atoms with E-state index < -0.39 is 14.4 Å². The number of para-hydroxylation sites is 2. The van der Waals surface area contributed by atoms with E-state index in [9.17, 15) is 0 Å². The number of fused-ring (bicyclic) bond motifs is 4. The average Bonchev–Trinajstić information content (AvgIpc) is 3.82. The second-order valence-electron chi connectivity index (χ2n) is 17.6. The number of hydrogen-bond acceptors (Lipinski definition) is 4. The van der Waals surface area contributed by atoms with E-state index in [-0.39, 0.29) is 31.4 Å². The van der Waals surface area contributed by atoms with E-state index in [0.29, 0.717) is 5.71 Å². The second-order valence-corrected chi connectivity index (χ2v) is 22.6. The summed E-state index contributed by atoms with van der Waals surface area (Å²) in [5.41, 5.74) is 12.3. The summed E-state index contributed by atoms with van der Waals surface area (Å²) in [4.78, 5) is 14.3. The van der Waals surface area contributed by atoms with E-state index in [2.05, 4.69) is 135 Å². The Balaban J connectivity index is 0.000000193. The number of furan rings is 1. The van der Waals surface area contributed by atoms with Crippen molar-refractivity contribution in [3.8, 4) is 39.5 Å². The Morgan fingerprint density at radius 1 is 0.783 bits per heavy atom. The molecule has 0 bridgehead atoms. The van der Waals surface area contributed by atoms with Crippen LogP contribution in [-0.4, -0.2) is 27.6 Å². The van der Waals surface area contributed by atoms with Crippen LogP contribution in [0, 0.1) is 25.0 Å². The number of aryl methyl sites for hydroxylation is 1. The molecule has 0 unspecified atom stereocenters. The molecule has 4 heterocycles. The third-order valence-electron chi connectivity index (χ3n) is 10.6. The molecule has 0 atom stereocenters. The van der Waals surface area contributed by atoms with Crippen LogP contribution in [0.1, 0.15) is 54.2 Å². The average molecular weight is 983 g/mol. The molecule has 0 N–H and O–H groups in total. The maximum atomic E-state index is 8.69. The first-order valence-electron chi connectivity index (χ1n) is 21.4. The van der Waals surface area contributed by atoms with Gasteiger partial charge in [0.05, 0.1) is 30.5 Å². The van der Waals surface area contributed by atoms with E-state index in [1.54, 1.807) is 0 Å². The van der Waals surface area contributed by atoms with Crippen molar-refractivity contribution in [1.82, 2.24) is 19.5 Å². The molecule has 60 heavy (non-hydrogen) atoms. The molecule has 1 radical (unpaired) electrons. The van der Waals surface area contributed by atoms with Gasteiger partial charge in [-0.2, -0.15) is 0 Å². The van der Waals surface area contributed by atoms with E-state index in [4.69, 9.17) is 17.1 Å². The van der Waals surface area contributed by atoms with Crippen LogP contribution in [0.2, 0.25) is 19.6 Å². The maximum Gasteiger partial charge on any atom is 0.216 e. The summed E-state index contributed by atoms with van der Waals surface area (Å²) in [7, 11) is -1.71. The molecule has 0 aliphatic heterocycles. The Morgan fingerprint density at radius 2 is 1.48 bits per heavy atom. The van der Waals surface area contributed by atoms with E-state index in [0.717, 1.165) is 72.2 Å². The minimum Gasteiger partial charge on any atom is -0.486 e. The van der Waals surface area contributed by atoms with Crippen LogP contribution >= 0.6 is 0 Å². The summed E-state index contributed by atoms with van der Waals surface area (Å²) in [5.74, 6) is 0.692. The van der Waals surface area contributed by atoms with Gasteiger partial charge >= 0.3 is 0 Å². The van der Waals surface area contributed by atoms with Crippen molar-refractivity contribution >= 4 is 46.4 Å². The third kappa shape index (κ3) is 8.85. The van der Waals surface area contributed by atoms with Crippen molar-refractivity contribution in [2.45, 2.75) is 73.0 Å². The van der Waals surface area contributed by atoms with Gasteiger partial charge in [-0.1, -0.05) is 131 Å². The predicted octanol–water partition coefficient (Wildman–Crippen LogP) is 13.3. The Labute approximate surface area is 372 Å². The van der Waals surface area contributed by atoms with Crippen LogP contribution in [0.15, 0.2) is 138 Å². The topological polar surface area (TPSA) is 56.7 Å². The van der Waals surface area contributed by atoms with E-state index in [1.807, 2.05) is 81.6 Å². The zero-order valence-electron chi connectivity index (χ0n) is 37.8. The summed E-state index contributed by atoms with van der Waals surface area (Å²) < 4.78 is 25.9. The summed E-state index contributed by atoms with van der Waals surface area (Å²) in [6.45, 7) is 19.2. The monoisotopic (exact) mass is 983 g/mol. The van der Waals surface area contributed by atoms with Gasteiger partial charge in [0, 0.05) is 45.8 Å². The Hall–Kier alpha value is -5.46. The van der Waals surface area contributed by atoms with Crippen molar-refractivity contribution in [1.29, 1.82) is 0 Å². The molecular weight excluding hydrogens is 929 g/mol. The third-order valence-corrected chi connectivity index (χ3v) is 12.6. The zero-order valence-corrected chi connectivity index (χ0v) is 39.2. The van der Waals surface area contributed by atoms with Gasteiger partial charge in [-0.3, -0.25) is 4.98 Å². The number of aromatic nitrogens is 4. The number of hydrogen-bond donors (Lipinski definition) is 0. The van der Waals surface area contributed by atoms with Crippen molar-refractivity contribution in [2.24, 2.45) is 5.92 Å². The Kier molecular flexibility index (Phi) is 11.5. The van der Waals surface area contributed by atoms with Gasteiger partial charge in [-0.05, 0) is 83.0 Å². The molecule has 0 fully saturated rings. The number of pyridine rings is 2. The van der Waals surface area contributed by atoms with Crippen LogP contribution < -0.4 is 5.19 Å². The molecule has 4 aromatic heterocycles. The molecule has 0 spiro atoms. The molecule has 9 aromatic rings. The first kappa shape index (κ1) is 40.0. The number of imidazole rings is 1. The summed E-state index contributed by atoms with van der Waals surface area (Å²) in [5, 5.41) is 3.11. The van der Waals surface area contributed by atoms with Gasteiger partial charge in [-0.15, -0.1) is 53.6 Å². The van der Waals surface area contributed by atoms with E-state index in [1.165, 1.54) is 16.7 Å². The summed E-state index contributed by atoms with van der Waals surface area (Å²) in [6.07, 6.45) is 0.531. The first-order valence-corrected chi connectivity index (χ1v) is 23.9. The molecule has 0 saturated carbocycles.